The first-order valence-electron chi connectivity index (χ1n) is 5.82. The molecule has 106 valence electrons. The molecule has 0 saturated heterocycles. The Labute approximate surface area is 129 Å². The van der Waals surface area contributed by atoms with Crippen LogP contribution in [0.5, 0.6) is 0 Å². The van der Waals surface area contributed by atoms with Crippen LogP contribution in [0.25, 0.3) is 0 Å². The summed E-state index contributed by atoms with van der Waals surface area (Å²) < 4.78 is 25.6. The fraction of sp³-hybridized carbons (Fsp3) is 0.143. The van der Waals surface area contributed by atoms with E-state index in [4.69, 9.17) is 28.9 Å². The maximum Gasteiger partial charge on any atom is 0.123 e. The van der Waals surface area contributed by atoms with Gasteiger partial charge in [0.2, 0.25) is 0 Å². The van der Waals surface area contributed by atoms with E-state index in [1.165, 1.54) is 12.1 Å². The highest BCUT2D eigenvalue weighted by Gasteiger charge is 2.15. The molecule has 2 aromatic carbocycles. The third kappa shape index (κ3) is 3.38. The Hall–Kier alpha value is -0.940. The summed E-state index contributed by atoms with van der Waals surface area (Å²) >= 11 is 12.1. The van der Waals surface area contributed by atoms with Crippen LogP contribution in [-0.4, -0.2) is 4.21 Å². The van der Waals surface area contributed by atoms with Crippen molar-refractivity contribution >= 4 is 34.0 Å². The topological polar surface area (TPSA) is 43.1 Å². The Morgan fingerprint density at radius 1 is 1.10 bits per heavy atom. The highest BCUT2D eigenvalue weighted by Crippen LogP contribution is 2.29. The second kappa shape index (κ2) is 6.68. The minimum atomic E-state index is -1.42. The predicted molar refractivity (Wildman–Crippen MR) is 80.9 cm³/mol. The lowest BCUT2D eigenvalue weighted by atomic mass is 10.1. The van der Waals surface area contributed by atoms with E-state index in [-0.39, 0.29) is 18.1 Å². The Morgan fingerprint density at radius 2 is 1.75 bits per heavy atom. The standard InChI is InChI=1S/C14H12Cl2FNOS/c15-12-2-1-3-13(16)14(12)20(19)8-9-4-5-11(17)6-10(9)7-18/h1-6H,7-8,18H2. The molecule has 20 heavy (non-hydrogen) atoms. The van der Waals surface area contributed by atoms with Crippen molar-refractivity contribution in [2.24, 2.45) is 5.73 Å². The van der Waals surface area contributed by atoms with E-state index in [2.05, 4.69) is 0 Å². The highest BCUT2D eigenvalue weighted by molar-refractivity contribution is 7.84. The highest BCUT2D eigenvalue weighted by atomic mass is 35.5. The minimum Gasteiger partial charge on any atom is -0.326 e. The predicted octanol–water partition coefficient (Wildman–Crippen LogP) is 3.90. The van der Waals surface area contributed by atoms with Crippen LogP contribution in [-0.2, 0) is 23.1 Å². The van der Waals surface area contributed by atoms with Gasteiger partial charge in [0.25, 0.3) is 0 Å². The van der Waals surface area contributed by atoms with Crippen LogP contribution >= 0.6 is 23.2 Å². The molecule has 2 nitrogen and oxygen atoms in total. The monoisotopic (exact) mass is 331 g/mol. The number of benzene rings is 2. The maximum absolute atomic E-state index is 13.1. The van der Waals surface area contributed by atoms with E-state index in [1.54, 1.807) is 24.3 Å². The molecule has 0 spiro atoms. The molecule has 0 aliphatic carbocycles. The van der Waals surface area contributed by atoms with E-state index in [0.29, 0.717) is 20.5 Å². The van der Waals surface area contributed by atoms with Crippen LogP contribution in [0.1, 0.15) is 11.1 Å². The Bertz CT molecular complexity index is 643. The van der Waals surface area contributed by atoms with E-state index >= 15 is 0 Å². The molecule has 0 saturated carbocycles. The quantitative estimate of drug-likeness (QED) is 0.923. The fourth-order valence-corrected chi connectivity index (χ4v) is 4.03. The van der Waals surface area contributed by atoms with Gasteiger partial charge in [-0.05, 0) is 35.4 Å². The molecule has 1 atom stereocenters. The zero-order valence-electron chi connectivity index (χ0n) is 10.4. The van der Waals surface area contributed by atoms with Gasteiger partial charge in [-0.25, -0.2) is 4.39 Å². The van der Waals surface area contributed by atoms with Crippen LogP contribution < -0.4 is 5.73 Å². The number of hydrogen-bond donors (Lipinski definition) is 1. The number of nitrogens with two attached hydrogens (primary N) is 1. The molecule has 0 fully saturated rings. The molecular weight excluding hydrogens is 320 g/mol. The second-order valence-electron chi connectivity index (χ2n) is 4.16. The van der Waals surface area contributed by atoms with Crippen LogP contribution in [0.15, 0.2) is 41.3 Å². The molecule has 0 bridgehead atoms. The third-order valence-corrected chi connectivity index (χ3v) is 5.14. The first kappa shape index (κ1) is 15.4. The minimum absolute atomic E-state index is 0.181. The fourth-order valence-electron chi connectivity index (χ4n) is 1.84. The average molecular weight is 332 g/mol. The van der Waals surface area contributed by atoms with Crippen molar-refractivity contribution in [2.75, 3.05) is 0 Å². The number of hydrogen-bond acceptors (Lipinski definition) is 2. The van der Waals surface area contributed by atoms with Gasteiger partial charge in [-0.2, -0.15) is 0 Å². The first-order chi connectivity index (χ1) is 9.52. The number of rotatable bonds is 4. The molecule has 2 N–H and O–H groups in total. The maximum atomic E-state index is 13.1. The molecule has 0 heterocycles. The smallest absolute Gasteiger partial charge is 0.123 e. The lowest BCUT2D eigenvalue weighted by Crippen LogP contribution is -2.06. The molecule has 2 rings (SSSR count). The van der Waals surface area contributed by atoms with Crippen molar-refractivity contribution < 1.29 is 8.60 Å². The lowest BCUT2D eigenvalue weighted by molar-refractivity contribution is 0.624. The molecule has 2 aromatic rings. The van der Waals surface area contributed by atoms with E-state index in [0.717, 1.165) is 5.56 Å². The molecule has 0 radical (unpaired) electrons. The van der Waals surface area contributed by atoms with Gasteiger partial charge in [-0.15, -0.1) is 0 Å². The second-order valence-corrected chi connectivity index (χ2v) is 6.36. The summed E-state index contributed by atoms with van der Waals surface area (Å²) in [5.41, 5.74) is 6.93. The molecule has 0 aliphatic heterocycles. The average Bonchev–Trinajstić information content (AvgIpc) is 2.40. The zero-order chi connectivity index (χ0) is 14.7. The van der Waals surface area contributed by atoms with Crippen LogP contribution in [0, 0.1) is 5.82 Å². The van der Waals surface area contributed by atoms with Gasteiger partial charge in [-0.1, -0.05) is 35.3 Å². The van der Waals surface area contributed by atoms with Crippen LogP contribution in [0.2, 0.25) is 10.0 Å². The third-order valence-electron chi connectivity index (χ3n) is 2.82. The van der Waals surface area contributed by atoms with Gasteiger partial charge in [0.15, 0.2) is 0 Å². The Kier molecular flexibility index (Phi) is 5.16. The van der Waals surface area contributed by atoms with Crippen molar-refractivity contribution in [2.45, 2.75) is 17.2 Å². The van der Waals surface area contributed by atoms with E-state index in [1.807, 2.05) is 0 Å². The summed E-state index contributed by atoms with van der Waals surface area (Å²) in [7, 11) is -1.42. The molecule has 0 aromatic heterocycles. The van der Waals surface area contributed by atoms with Crippen molar-refractivity contribution in [3.63, 3.8) is 0 Å². The molecular formula is C14H12Cl2FNOS. The van der Waals surface area contributed by atoms with Crippen molar-refractivity contribution in [3.8, 4) is 0 Å². The van der Waals surface area contributed by atoms with Crippen molar-refractivity contribution in [3.05, 3.63) is 63.4 Å². The van der Waals surface area contributed by atoms with Gasteiger partial charge in [0, 0.05) is 6.54 Å². The van der Waals surface area contributed by atoms with E-state index in [9.17, 15) is 8.60 Å². The normalized spacial score (nSPS) is 12.4. The SMILES string of the molecule is NCc1cc(F)ccc1CS(=O)c1c(Cl)cccc1Cl. The molecule has 6 heteroatoms. The van der Waals surface area contributed by atoms with Crippen LogP contribution in [0.4, 0.5) is 4.39 Å². The van der Waals surface area contributed by atoms with Gasteiger partial charge in [0.1, 0.15) is 5.82 Å². The number of halogens is 3. The molecule has 0 aliphatic rings. The summed E-state index contributed by atoms with van der Waals surface area (Å²) in [5.74, 6) is -0.174. The first-order valence-corrected chi connectivity index (χ1v) is 7.90. The lowest BCUT2D eigenvalue weighted by Gasteiger charge is -2.10. The summed E-state index contributed by atoms with van der Waals surface area (Å²) in [5, 5.41) is 0.708. The van der Waals surface area contributed by atoms with Gasteiger partial charge in [0.05, 0.1) is 31.5 Å². The Morgan fingerprint density at radius 3 is 2.35 bits per heavy atom. The van der Waals surface area contributed by atoms with Gasteiger partial charge in [-0.3, -0.25) is 4.21 Å². The van der Waals surface area contributed by atoms with Crippen LogP contribution in [0.3, 0.4) is 0 Å². The zero-order valence-corrected chi connectivity index (χ0v) is 12.7. The Balaban J connectivity index is 2.33. The summed E-state index contributed by atoms with van der Waals surface area (Å²) in [6.07, 6.45) is 0. The molecule has 1 unspecified atom stereocenters. The van der Waals surface area contributed by atoms with Gasteiger partial charge >= 0.3 is 0 Å². The van der Waals surface area contributed by atoms with Crippen molar-refractivity contribution in [1.82, 2.24) is 0 Å². The summed E-state index contributed by atoms with van der Waals surface area (Å²) in [6.45, 7) is 0.181. The summed E-state index contributed by atoms with van der Waals surface area (Å²) in [4.78, 5) is 0.392. The largest absolute Gasteiger partial charge is 0.326 e. The summed E-state index contributed by atoms with van der Waals surface area (Å²) in [6, 6.07) is 9.21. The van der Waals surface area contributed by atoms with Crippen molar-refractivity contribution in [1.29, 1.82) is 0 Å². The van der Waals surface area contributed by atoms with E-state index < -0.39 is 10.8 Å². The molecule has 0 amide bonds. The van der Waals surface area contributed by atoms with Gasteiger partial charge < -0.3 is 5.73 Å².